The van der Waals surface area contributed by atoms with Crippen LogP contribution in [0.5, 0.6) is 11.5 Å². The molecule has 0 aliphatic heterocycles. The first-order valence-corrected chi connectivity index (χ1v) is 6.22. The van der Waals surface area contributed by atoms with Crippen LogP contribution in [-0.2, 0) is 20.8 Å². The van der Waals surface area contributed by atoms with E-state index in [9.17, 15) is 24.6 Å². The maximum Gasteiger partial charge on any atom is 0.326 e. The van der Waals surface area contributed by atoms with E-state index in [1.165, 1.54) is 12.1 Å². The molecule has 22 heavy (non-hydrogen) atoms. The van der Waals surface area contributed by atoms with Gasteiger partial charge in [-0.1, -0.05) is 0 Å². The van der Waals surface area contributed by atoms with Gasteiger partial charge in [-0.15, -0.1) is 0 Å². The maximum atomic E-state index is 11.7. The van der Waals surface area contributed by atoms with Gasteiger partial charge in [-0.25, -0.2) is 4.79 Å². The standard InChI is InChI=1S/C13H16N2O7/c14-8(5-11(18)19)12(20)15-9(13(21)22)4-6-3-7(16)1-2-10(6)17/h1-3,8-9,16-17H,4-5,14H2,(H,15,20)(H,18,19)(H,21,22)/t8-,9-/m0/s1. The molecule has 0 bridgehead atoms. The molecule has 1 aromatic carbocycles. The Hall–Kier alpha value is -2.81. The van der Waals surface area contributed by atoms with Crippen molar-refractivity contribution in [3.63, 3.8) is 0 Å². The SMILES string of the molecule is N[C@@H](CC(=O)O)C(=O)N[C@@H](Cc1cc(O)ccc1O)C(=O)O. The third kappa shape index (κ3) is 4.94. The third-order valence-corrected chi connectivity index (χ3v) is 2.83. The Bertz CT molecular complexity index is 588. The number of nitrogens with one attached hydrogen (secondary N) is 1. The second-order valence-electron chi connectivity index (χ2n) is 4.62. The second kappa shape index (κ2) is 7.27. The monoisotopic (exact) mass is 312 g/mol. The molecule has 0 radical (unpaired) electrons. The molecule has 9 nitrogen and oxygen atoms in total. The summed E-state index contributed by atoms with van der Waals surface area (Å²) in [7, 11) is 0. The van der Waals surface area contributed by atoms with Crippen molar-refractivity contribution in [3.05, 3.63) is 23.8 Å². The van der Waals surface area contributed by atoms with Crippen molar-refractivity contribution in [3.8, 4) is 11.5 Å². The lowest BCUT2D eigenvalue weighted by atomic mass is 10.0. The van der Waals surface area contributed by atoms with Gasteiger partial charge in [0.15, 0.2) is 0 Å². The minimum absolute atomic E-state index is 0.111. The number of carbonyl (C=O) groups excluding carboxylic acids is 1. The van der Waals surface area contributed by atoms with E-state index in [1.54, 1.807) is 0 Å². The highest BCUT2D eigenvalue weighted by molar-refractivity contribution is 5.89. The lowest BCUT2D eigenvalue weighted by Gasteiger charge is -2.17. The number of aliphatic carboxylic acids is 2. The molecule has 0 saturated carbocycles. The van der Waals surface area contributed by atoms with Crippen LogP contribution in [0.1, 0.15) is 12.0 Å². The first-order valence-electron chi connectivity index (χ1n) is 6.22. The van der Waals surface area contributed by atoms with E-state index in [-0.39, 0.29) is 23.5 Å². The number of phenols is 2. The fourth-order valence-electron chi connectivity index (χ4n) is 1.71. The highest BCUT2D eigenvalue weighted by Gasteiger charge is 2.25. The van der Waals surface area contributed by atoms with Crippen molar-refractivity contribution >= 4 is 17.8 Å². The van der Waals surface area contributed by atoms with Crippen LogP contribution in [0, 0.1) is 0 Å². The summed E-state index contributed by atoms with van der Waals surface area (Å²) in [4.78, 5) is 33.3. The molecule has 0 heterocycles. The molecule has 0 aromatic heterocycles. The number of amides is 1. The van der Waals surface area contributed by atoms with Crippen LogP contribution in [0.2, 0.25) is 0 Å². The summed E-state index contributed by atoms with van der Waals surface area (Å²) in [6.45, 7) is 0. The number of hydrogen-bond acceptors (Lipinski definition) is 6. The fourth-order valence-corrected chi connectivity index (χ4v) is 1.71. The van der Waals surface area contributed by atoms with Gasteiger partial charge in [0.25, 0.3) is 0 Å². The van der Waals surface area contributed by atoms with Crippen molar-refractivity contribution in [2.45, 2.75) is 24.9 Å². The Morgan fingerprint density at radius 3 is 2.36 bits per heavy atom. The van der Waals surface area contributed by atoms with Gasteiger partial charge in [0.1, 0.15) is 17.5 Å². The van der Waals surface area contributed by atoms with Gasteiger partial charge in [-0.05, 0) is 18.2 Å². The Morgan fingerprint density at radius 1 is 1.18 bits per heavy atom. The zero-order valence-electron chi connectivity index (χ0n) is 11.4. The molecule has 9 heteroatoms. The molecule has 2 atom stereocenters. The highest BCUT2D eigenvalue weighted by Crippen LogP contribution is 2.23. The molecule has 0 aliphatic rings. The zero-order valence-corrected chi connectivity index (χ0v) is 11.4. The smallest absolute Gasteiger partial charge is 0.326 e. The van der Waals surface area contributed by atoms with Crippen LogP contribution < -0.4 is 11.1 Å². The fraction of sp³-hybridized carbons (Fsp3) is 0.308. The van der Waals surface area contributed by atoms with Crippen molar-refractivity contribution < 1.29 is 34.8 Å². The van der Waals surface area contributed by atoms with Gasteiger partial charge in [0, 0.05) is 12.0 Å². The van der Waals surface area contributed by atoms with Crippen LogP contribution in [0.4, 0.5) is 0 Å². The van der Waals surface area contributed by atoms with Crippen LogP contribution >= 0.6 is 0 Å². The number of carboxylic acid groups (broad SMARTS) is 2. The zero-order chi connectivity index (χ0) is 16.9. The largest absolute Gasteiger partial charge is 0.508 e. The number of phenolic OH excluding ortho intramolecular Hbond substituents is 2. The van der Waals surface area contributed by atoms with Gasteiger partial charge in [0.05, 0.1) is 12.5 Å². The Labute approximate surface area is 125 Å². The molecule has 120 valence electrons. The van der Waals surface area contributed by atoms with Gasteiger partial charge in [-0.2, -0.15) is 0 Å². The van der Waals surface area contributed by atoms with E-state index >= 15 is 0 Å². The van der Waals surface area contributed by atoms with Gasteiger partial charge < -0.3 is 31.5 Å². The van der Waals surface area contributed by atoms with Gasteiger partial charge >= 0.3 is 11.9 Å². The number of rotatable bonds is 7. The third-order valence-electron chi connectivity index (χ3n) is 2.83. The molecular weight excluding hydrogens is 296 g/mol. The van der Waals surface area contributed by atoms with Crippen LogP contribution in [0.15, 0.2) is 18.2 Å². The number of hydrogen-bond donors (Lipinski definition) is 6. The Kier molecular flexibility index (Phi) is 5.70. The second-order valence-corrected chi connectivity index (χ2v) is 4.62. The highest BCUT2D eigenvalue weighted by atomic mass is 16.4. The number of aromatic hydroxyl groups is 2. The molecular formula is C13H16N2O7. The van der Waals surface area contributed by atoms with Crippen molar-refractivity contribution in [2.24, 2.45) is 5.73 Å². The minimum Gasteiger partial charge on any atom is -0.508 e. The van der Waals surface area contributed by atoms with Crippen molar-refractivity contribution in [1.82, 2.24) is 5.32 Å². The number of carbonyl (C=O) groups is 3. The average molecular weight is 312 g/mol. The van der Waals surface area contributed by atoms with Gasteiger partial charge in [-0.3, -0.25) is 9.59 Å². The minimum atomic E-state index is -1.43. The maximum absolute atomic E-state index is 11.7. The van der Waals surface area contributed by atoms with E-state index in [1.807, 2.05) is 0 Å². The molecule has 0 fully saturated rings. The summed E-state index contributed by atoms with van der Waals surface area (Å²) < 4.78 is 0. The predicted octanol–water partition coefficient (Wildman–Crippen LogP) is -0.988. The summed E-state index contributed by atoms with van der Waals surface area (Å²) >= 11 is 0. The van der Waals surface area contributed by atoms with Crippen molar-refractivity contribution in [2.75, 3.05) is 0 Å². The summed E-state index contributed by atoms with van der Waals surface area (Å²) in [5.74, 6) is -4.04. The lowest BCUT2D eigenvalue weighted by molar-refractivity contribution is -0.142. The topological polar surface area (TPSA) is 170 Å². The predicted molar refractivity (Wildman–Crippen MR) is 73.3 cm³/mol. The Morgan fingerprint density at radius 2 is 1.82 bits per heavy atom. The molecule has 0 saturated heterocycles. The molecule has 0 aliphatic carbocycles. The summed E-state index contributed by atoms with van der Waals surface area (Å²) in [6.07, 6.45) is -0.948. The molecule has 1 rings (SSSR count). The first kappa shape index (κ1) is 17.2. The van der Waals surface area contributed by atoms with E-state index < -0.39 is 36.4 Å². The number of nitrogens with two attached hydrogens (primary N) is 1. The normalized spacial score (nSPS) is 13.1. The van der Waals surface area contributed by atoms with Crippen LogP contribution in [0.25, 0.3) is 0 Å². The molecule has 0 unspecified atom stereocenters. The van der Waals surface area contributed by atoms with Crippen LogP contribution in [-0.4, -0.2) is 50.4 Å². The molecule has 1 aromatic rings. The first-order chi connectivity index (χ1) is 10.2. The Balaban J connectivity index is 2.82. The van der Waals surface area contributed by atoms with Crippen molar-refractivity contribution in [1.29, 1.82) is 0 Å². The van der Waals surface area contributed by atoms with E-state index in [2.05, 4.69) is 5.32 Å². The number of benzene rings is 1. The molecule has 1 amide bonds. The lowest BCUT2D eigenvalue weighted by Crippen LogP contribution is -2.49. The quantitative estimate of drug-likeness (QED) is 0.348. The van der Waals surface area contributed by atoms with Crippen LogP contribution in [0.3, 0.4) is 0 Å². The number of carboxylic acids is 2. The van der Waals surface area contributed by atoms with E-state index in [4.69, 9.17) is 15.9 Å². The van der Waals surface area contributed by atoms with Gasteiger partial charge in [0.2, 0.25) is 5.91 Å². The molecule has 0 spiro atoms. The average Bonchev–Trinajstić information content (AvgIpc) is 2.40. The summed E-state index contributed by atoms with van der Waals surface area (Å²) in [6, 6.07) is 0.740. The molecule has 7 N–H and O–H groups in total. The summed E-state index contributed by atoms with van der Waals surface area (Å²) in [5.41, 5.74) is 5.45. The summed E-state index contributed by atoms with van der Waals surface area (Å²) in [5, 5.41) is 38.7. The van der Waals surface area contributed by atoms with E-state index in [0.717, 1.165) is 6.07 Å². The van der Waals surface area contributed by atoms with E-state index in [0.29, 0.717) is 0 Å².